The first kappa shape index (κ1) is 14.0. The highest BCUT2D eigenvalue weighted by molar-refractivity contribution is 6.01. The Kier molecular flexibility index (Phi) is 3.93. The number of halogens is 1. The summed E-state index contributed by atoms with van der Waals surface area (Å²) in [6.45, 7) is 4.27. The molecule has 0 spiro atoms. The van der Waals surface area contributed by atoms with Gasteiger partial charge in [-0.05, 0) is 43.4 Å². The van der Waals surface area contributed by atoms with Gasteiger partial charge in [0.1, 0.15) is 5.82 Å². The molecule has 1 aromatic rings. The van der Waals surface area contributed by atoms with E-state index in [1.165, 1.54) is 12.1 Å². The second-order valence-corrected chi connectivity index (χ2v) is 6.15. The average molecular weight is 263 g/mol. The molecule has 2 nitrogen and oxygen atoms in total. The summed E-state index contributed by atoms with van der Waals surface area (Å²) < 4.78 is 13.5. The molecule has 1 aliphatic rings. The average Bonchev–Trinajstić information content (AvgIpc) is 2.80. The quantitative estimate of drug-likeness (QED) is 0.653. The van der Waals surface area contributed by atoms with E-state index >= 15 is 0 Å². The van der Waals surface area contributed by atoms with Crippen LogP contribution in [0.3, 0.4) is 0 Å². The van der Waals surface area contributed by atoms with E-state index in [1.54, 1.807) is 6.07 Å². The molecule has 2 rings (SSSR count). The van der Waals surface area contributed by atoms with Crippen molar-refractivity contribution in [1.82, 2.24) is 0 Å². The summed E-state index contributed by atoms with van der Waals surface area (Å²) in [6, 6.07) is 4.43. The van der Waals surface area contributed by atoms with Crippen molar-refractivity contribution in [2.45, 2.75) is 46.0 Å². The third-order valence-electron chi connectivity index (χ3n) is 4.10. The zero-order valence-corrected chi connectivity index (χ0v) is 11.7. The van der Waals surface area contributed by atoms with Gasteiger partial charge in [0.25, 0.3) is 0 Å². The summed E-state index contributed by atoms with van der Waals surface area (Å²) in [5.74, 6) is 0.0711. The zero-order chi connectivity index (χ0) is 14.0. The van der Waals surface area contributed by atoms with E-state index in [0.29, 0.717) is 11.5 Å². The molecule has 0 radical (unpaired) electrons. The number of hydrogen-bond acceptors (Lipinski definition) is 2. The van der Waals surface area contributed by atoms with E-state index in [4.69, 9.17) is 5.73 Å². The van der Waals surface area contributed by atoms with E-state index in [0.717, 1.165) is 32.1 Å². The second-order valence-electron chi connectivity index (χ2n) is 6.15. The van der Waals surface area contributed by atoms with Gasteiger partial charge in [0.2, 0.25) is 0 Å². The summed E-state index contributed by atoms with van der Waals surface area (Å²) in [5.41, 5.74) is 5.75. The maximum atomic E-state index is 13.5. The van der Waals surface area contributed by atoms with Crippen molar-refractivity contribution in [3.8, 4) is 0 Å². The van der Waals surface area contributed by atoms with Crippen LogP contribution in [0.5, 0.6) is 0 Å². The van der Waals surface area contributed by atoms with E-state index < -0.39 is 5.82 Å². The van der Waals surface area contributed by atoms with Crippen molar-refractivity contribution in [1.29, 1.82) is 0 Å². The van der Waals surface area contributed by atoms with Crippen molar-refractivity contribution in [2.75, 3.05) is 5.73 Å². The Hall–Kier alpha value is -1.38. The number of nitrogens with two attached hydrogens (primary N) is 1. The molecule has 1 saturated carbocycles. The number of Topliss-reactive ketones (excluding diaryl/α,β-unsaturated/α-hetero) is 1. The summed E-state index contributed by atoms with van der Waals surface area (Å²) in [4.78, 5) is 12.8. The minimum atomic E-state index is -0.497. The predicted octanol–water partition coefficient (Wildman–Crippen LogP) is 4.20. The maximum absolute atomic E-state index is 13.5. The highest BCUT2D eigenvalue weighted by Gasteiger charge is 2.41. The van der Waals surface area contributed by atoms with Crippen LogP contribution in [0.15, 0.2) is 18.2 Å². The number of hydrogen-bond donors (Lipinski definition) is 1. The van der Waals surface area contributed by atoms with Crippen LogP contribution in [0.25, 0.3) is 0 Å². The normalized spacial score (nSPS) is 17.9. The number of anilines is 1. The molecule has 0 unspecified atom stereocenters. The van der Waals surface area contributed by atoms with Gasteiger partial charge < -0.3 is 5.73 Å². The fraction of sp³-hybridized carbons (Fsp3) is 0.562. The lowest BCUT2D eigenvalue weighted by Crippen LogP contribution is -2.30. The van der Waals surface area contributed by atoms with E-state index in [1.807, 2.05) is 0 Å². The summed E-state index contributed by atoms with van der Waals surface area (Å²) >= 11 is 0. The molecule has 1 aliphatic carbocycles. The number of nitrogen functional groups attached to an aromatic ring is 1. The van der Waals surface area contributed by atoms with Crippen LogP contribution in [-0.2, 0) is 0 Å². The summed E-state index contributed by atoms with van der Waals surface area (Å²) in [7, 11) is 0. The molecule has 2 N–H and O–H groups in total. The lowest BCUT2D eigenvalue weighted by molar-refractivity contribution is 0.0759. The molecule has 0 amide bonds. The number of carbonyl (C=O) groups is 1. The van der Waals surface area contributed by atoms with Gasteiger partial charge in [0.05, 0.1) is 5.69 Å². The SMILES string of the molecule is CC(C)CC1(C(=O)c2ccc(N)c(F)c2)CCCC1. The first-order valence-corrected chi connectivity index (χ1v) is 7.04. The molecule has 0 bridgehead atoms. The van der Waals surface area contributed by atoms with Gasteiger partial charge in [-0.2, -0.15) is 0 Å². The van der Waals surface area contributed by atoms with Crippen molar-refractivity contribution in [3.63, 3.8) is 0 Å². The lowest BCUT2D eigenvalue weighted by atomic mass is 9.73. The standard InChI is InChI=1S/C16H22FNO/c1-11(2)10-16(7-3-4-8-16)15(19)12-5-6-14(18)13(17)9-12/h5-6,9,11H,3-4,7-8,10,18H2,1-2H3. The minimum Gasteiger partial charge on any atom is -0.396 e. The van der Waals surface area contributed by atoms with Gasteiger partial charge in [-0.1, -0.05) is 26.7 Å². The Labute approximate surface area is 114 Å². The fourth-order valence-corrected chi connectivity index (χ4v) is 3.33. The Balaban J connectivity index is 2.31. The Morgan fingerprint density at radius 1 is 1.37 bits per heavy atom. The van der Waals surface area contributed by atoms with Gasteiger partial charge in [-0.25, -0.2) is 4.39 Å². The van der Waals surface area contributed by atoms with Gasteiger partial charge >= 0.3 is 0 Å². The predicted molar refractivity (Wildman–Crippen MR) is 75.5 cm³/mol. The molecule has 104 valence electrons. The molecule has 1 aromatic carbocycles. The molecule has 0 aliphatic heterocycles. The maximum Gasteiger partial charge on any atom is 0.169 e. The number of ketones is 1. The van der Waals surface area contributed by atoms with E-state index in [-0.39, 0.29) is 16.9 Å². The van der Waals surface area contributed by atoms with Crippen LogP contribution in [-0.4, -0.2) is 5.78 Å². The van der Waals surface area contributed by atoms with Gasteiger partial charge in [0, 0.05) is 11.0 Å². The molecule has 0 atom stereocenters. The van der Waals surface area contributed by atoms with Crippen molar-refractivity contribution >= 4 is 11.5 Å². The molecular weight excluding hydrogens is 241 g/mol. The largest absolute Gasteiger partial charge is 0.396 e. The first-order chi connectivity index (χ1) is 8.94. The fourth-order valence-electron chi connectivity index (χ4n) is 3.33. The third-order valence-corrected chi connectivity index (χ3v) is 4.10. The molecule has 0 saturated heterocycles. The molecule has 1 fully saturated rings. The van der Waals surface area contributed by atoms with Crippen LogP contribution in [0, 0.1) is 17.2 Å². The van der Waals surface area contributed by atoms with Crippen LogP contribution < -0.4 is 5.73 Å². The van der Waals surface area contributed by atoms with Crippen LogP contribution in [0.2, 0.25) is 0 Å². The van der Waals surface area contributed by atoms with Gasteiger partial charge in [-0.15, -0.1) is 0 Å². The molecule has 0 aromatic heterocycles. The van der Waals surface area contributed by atoms with E-state index in [9.17, 15) is 9.18 Å². The second kappa shape index (κ2) is 5.32. The first-order valence-electron chi connectivity index (χ1n) is 7.04. The lowest BCUT2D eigenvalue weighted by Gasteiger charge is -2.29. The molecular formula is C16H22FNO. The molecule has 0 heterocycles. The van der Waals surface area contributed by atoms with Crippen LogP contribution in [0.1, 0.15) is 56.3 Å². The van der Waals surface area contributed by atoms with Crippen LogP contribution in [0.4, 0.5) is 10.1 Å². The highest BCUT2D eigenvalue weighted by Crippen LogP contribution is 2.45. The summed E-state index contributed by atoms with van der Waals surface area (Å²) in [5, 5.41) is 0. The van der Waals surface area contributed by atoms with Crippen molar-refractivity contribution in [2.24, 2.45) is 11.3 Å². The Morgan fingerprint density at radius 2 is 2.00 bits per heavy atom. The monoisotopic (exact) mass is 263 g/mol. The Bertz CT molecular complexity index is 476. The van der Waals surface area contributed by atoms with Crippen molar-refractivity contribution < 1.29 is 9.18 Å². The summed E-state index contributed by atoms with van der Waals surface area (Å²) in [6.07, 6.45) is 4.93. The topological polar surface area (TPSA) is 43.1 Å². The van der Waals surface area contributed by atoms with E-state index in [2.05, 4.69) is 13.8 Å². The van der Waals surface area contributed by atoms with Gasteiger partial charge in [-0.3, -0.25) is 4.79 Å². The number of carbonyl (C=O) groups excluding carboxylic acids is 1. The smallest absolute Gasteiger partial charge is 0.169 e. The highest BCUT2D eigenvalue weighted by atomic mass is 19.1. The molecule has 3 heteroatoms. The molecule has 19 heavy (non-hydrogen) atoms. The number of rotatable bonds is 4. The minimum absolute atomic E-state index is 0.0950. The van der Waals surface area contributed by atoms with Gasteiger partial charge in [0.15, 0.2) is 5.78 Å². The number of benzene rings is 1. The third kappa shape index (κ3) is 2.80. The van der Waals surface area contributed by atoms with Crippen LogP contribution >= 0.6 is 0 Å². The Morgan fingerprint density at radius 3 is 2.53 bits per heavy atom. The zero-order valence-electron chi connectivity index (χ0n) is 11.7. The van der Waals surface area contributed by atoms with Crippen molar-refractivity contribution in [3.05, 3.63) is 29.6 Å².